The first-order chi connectivity index (χ1) is 10.4. The Morgan fingerprint density at radius 2 is 2.23 bits per heavy atom. The molecule has 2 aromatic rings. The molecule has 0 radical (unpaired) electrons. The number of hydrogen-bond acceptors (Lipinski definition) is 4. The van der Waals surface area contributed by atoms with Crippen molar-refractivity contribution in [2.45, 2.75) is 44.9 Å². The number of amides is 1. The van der Waals surface area contributed by atoms with Gasteiger partial charge in [-0.05, 0) is 38.8 Å². The van der Waals surface area contributed by atoms with Gasteiger partial charge >= 0.3 is 5.69 Å². The van der Waals surface area contributed by atoms with Crippen LogP contribution >= 0.6 is 0 Å². The van der Waals surface area contributed by atoms with E-state index in [1.54, 1.807) is 43.1 Å². The first kappa shape index (κ1) is 14.8. The molecule has 0 aliphatic carbocycles. The Balaban J connectivity index is 1.84. The van der Waals surface area contributed by atoms with Crippen LogP contribution in [0, 0.1) is 0 Å². The molecule has 1 atom stereocenters. The van der Waals surface area contributed by atoms with Crippen LogP contribution in [-0.2, 0) is 11.3 Å². The van der Waals surface area contributed by atoms with Gasteiger partial charge in [-0.25, -0.2) is 9.48 Å². The summed E-state index contributed by atoms with van der Waals surface area (Å²) in [7, 11) is 0. The molecule has 3 rings (SSSR count). The highest BCUT2D eigenvalue weighted by Gasteiger charge is 2.38. The summed E-state index contributed by atoms with van der Waals surface area (Å²) in [5.41, 5.74) is -0.764. The van der Waals surface area contributed by atoms with Gasteiger partial charge in [-0.1, -0.05) is 6.07 Å². The van der Waals surface area contributed by atoms with Crippen LogP contribution < -0.4 is 5.69 Å². The Morgan fingerprint density at radius 3 is 2.91 bits per heavy atom. The molecule has 1 N–H and O–H groups in total. The minimum Gasteiger partial charge on any atom is -0.388 e. The molecule has 1 unspecified atom stereocenters. The number of rotatable bonds is 3. The second-order valence-electron chi connectivity index (χ2n) is 6.27. The highest BCUT2D eigenvalue weighted by Crippen LogP contribution is 2.26. The lowest BCUT2D eigenvalue weighted by Gasteiger charge is -2.33. The van der Waals surface area contributed by atoms with Gasteiger partial charge in [-0.3, -0.25) is 9.20 Å². The fourth-order valence-electron chi connectivity index (χ4n) is 3.09. The molecule has 118 valence electrons. The molecule has 0 spiro atoms. The van der Waals surface area contributed by atoms with E-state index in [2.05, 4.69) is 5.10 Å². The zero-order chi connectivity index (χ0) is 15.9. The van der Waals surface area contributed by atoms with Crippen molar-refractivity contribution in [2.24, 2.45) is 0 Å². The molecule has 1 fully saturated rings. The van der Waals surface area contributed by atoms with Gasteiger partial charge < -0.3 is 10.0 Å². The Kier molecular flexibility index (Phi) is 3.52. The molecule has 7 nitrogen and oxygen atoms in total. The number of likely N-dealkylation sites (tertiary alicyclic amines) is 1. The fraction of sp³-hybridized carbons (Fsp3) is 0.533. The van der Waals surface area contributed by atoms with Gasteiger partial charge in [0.05, 0.1) is 11.6 Å². The molecule has 1 saturated heterocycles. The van der Waals surface area contributed by atoms with Crippen LogP contribution in [-0.4, -0.2) is 48.3 Å². The van der Waals surface area contributed by atoms with Crippen molar-refractivity contribution in [3.8, 4) is 0 Å². The van der Waals surface area contributed by atoms with Crippen LogP contribution in [0.15, 0.2) is 29.2 Å². The van der Waals surface area contributed by atoms with Crippen molar-refractivity contribution >= 4 is 11.6 Å². The van der Waals surface area contributed by atoms with Gasteiger partial charge in [0.2, 0.25) is 5.91 Å². The highest BCUT2D eigenvalue weighted by molar-refractivity contribution is 5.76. The van der Waals surface area contributed by atoms with E-state index < -0.39 is 5.60 Å². The van der Waals surface area contributed by atoms with Crippen LogP contribution in [0.5, 0.6) is 0 Å². The van der Waals surface area contributed by atoms with E-state index in [0.717, 1.165) is 12.8 Å². The Bertz CT molecular complexity index is 756. The Morgan fingerprint density at radius 1 is 1.45 bits per heavy atom. The molecular formula is C15H20N4O3. The molecule has 0 bridgehead atoms. The molecule has 0 aromatic carbocycles. The van der Waals surface area contributed by atoms with Crippen molar-refractivity contribution in [2.75, 3.05) is 6.54 Å². The van der Waals surface area contributed by atoms with E-state index in [-0.39, 0.29) is 24.2 Å². The first-order valence-corrected chi connectivity index (χ1v) is 7.44. The summed E-state index contributed by atoms with van der Waals surface area (Å²) in [4.78, 5) is 26.4. The van der Waals surface area contributed by atoms with E-state index in [0.29, 0.717) is 12.2 Å². The maximum atomic E-state index is 12.5. The minimum absolute atomic E-state index is 0.104. The summed E-state index contributed by atoms with van der Waals surface area (Å²) >= 11 is 0. The largest absolute Gasteiger partial charge is 0.388 e. The van der Waals surface area contributed by atoms with E-state index >= 15 is 0 Å². The lowest BCUT2D eigenvalue weighted by molar-refractivity contribution is -0.137. The second kappa shape index (κ2) is 5.24. The number of carbonyl (C=O) groups is 1. The van der Waals surface area contributed by atoms with Crippen LogP contribution in [0.25, 0.3) is 5.65 Å². The second-order valence-corrected chi connectivity index (χ2v) is 6.27. The van der Waals surface area contributed by atoms with Crippen LogP contribution in [0.1, 0.15) is 26.7 Å². The maximum Gasteiger partial charge on any atom is 0.350 e. The third kappa shape index (κ3) is 2.52. The standard InChI is InChI=1S/C15H20N4O3/c1-15(2,22)11-6-5-9-17(11)13(20)10-19-14(21)18-8-4-3-7-12(18)16-19/h3-4,7-8,11,22H,5-6,9-10H2,1-2H3. The van der Waals surface area contributed by atoms with Crippen molar-refractivity contribution in [3.05, 3.63) is 34.9 Å². The Hall–Kier alpha value is -2.15. The number of aliphatic hydroxyl groups is 1. The molecule has 22 heavy (non-hydrogen) atoms. The lowest BCUT2D eigenvalue weighted by Crippen LogP contribution is -2.49. The molecule has 1 aliphatic rings. The topological polar surface area (TPSA) is 79.8 Å². The molecule has 3 heterocycles. The summed E-state index contributed by atoms with van der Waals surface area (Å²) in [6.45, 7) is 3.92. The SMILES string of the molecule is CC(C)(O)C1CCCN1C(=O)Cn1nc2ccccn2c1=O. The van der Waals surface area contributed by atoms with Crippen LogP contribution in [0.3, 0.4) is 0 Å². The molecule has 2 aromatic heterocycles. The third-order valence-electron chi connectivity index (χ3n) is 4.16. The zero-order valence-corrected chi connectivity index (χ0v) is 12.8. The summed E-state index contributed by atoms with van der Waals surface area (Å²) < 4.78 is 2.59. The normalized spacial score (nSPS) is 19.0. The van der Waals surface area contributed by atoms with Gasteiger partial charge in [-0.15, -0.1) is 5.10 Å². The smallest absolute Gasteiger partial charge is 0.350 e. The van der Waals surface area contributed by atoms with Gasteiger partial charge in [0.25, 0.3) is 0 Å². The quantitative estimate of drug-likeness (QED) is 0.882. The fourth-order valence-corrected chi connectivity index (χ4v) is 3.09. The van der Waals surface area contributed by atoms with Gasteiger partial charge in [-0.2, -0.15) is 0 Å². The number of nitrogens with zero attached hydrogens (tertiary/aromatic N) is 4. The van der Waals surface area contributed by atoms with Crippen LogP contribution in [0.2, 0.25) is 0 Å². The zero-order valence-electron chi connectivity index (χ0n) is 12.8. The predicted molar refractivity (Wildman–Crippen MR) is 80.5 cm³/mol. The number of hydrogen-bond donors (Lipinski definition) is 1. The van der Waals surface area contributed by atoms with E-state index in [1.807, 2.05) is 0 Å². The molecule has 0 saturated carbocycles. The van der Waals surface area contributed by atoms with Crippen molar-refractivity contribution in [1.82, 2.24) is 19.1 Å². The summed E-state index contributed by atoms with van der Waals surface area (Å²) in [6, 6.07) is 5.04. The summed E-state index contributed by atoms with van der Waals surface area (Å²) in [6.07, 6.45) is 3.26. The van der Waals surface area contributed by atoms with Crippen molar-refractivity contribution in [3.63, 3.8) is 0 Å². The highest BCUT2D eigenvalue weighted by atomic mass is 16.3. The van der Waals surface area contributed by atoms with Gasteiger partial charge in [0.1, 0.15) is 6.54 Å². The molecule has 7 heteroatoms. The number of aromatic nitrogens is 3. The maximum absolute atomic E-state index is 12.5. The molecule has 1 amide bonds. The van der Waals surface area contributed by atoms with Crippen molar-refractivity contribution in [1.29, 1.82) is 0 Å². The third-order valence-corrected chi connectivity index (χ3v) is 4.16. The van der Waals surface area contributed by atoms with E-state index in [4.69, 9.17) is 0 Å². The number of fused-ring (bicyclic) bond motifs is 1. The summed E-state index contributed by atoms with van der Waals surface area (Å²) in [5, 5.41) is 14.4. The van der Waals surface area contributed by atoms with Gasteiger partial charge in [0, 0.05) is 12.7 Å². The van der Waals surface area contributed by atoms with Crippen LogP contribution in [0.4, 0.5) is 0 Å². The predicted octanol–water partition coefficient (Wildman–Crippen LogP) is 0.258. The summed E-state index contributed by atoms with van der Waals surface area (Å²) in [5.74, 6) is -0.185. The monoisotopic (exact) mass is 304 g/mol. The minimum atomic E-state index is -0.948. The average Bonchev–Trinajstić information content (AvgIpc) is 3.05. The van der Waals surface area contributed by atoms with Gasteiger partial charge in [0.15, 0.2) is 5.65 Å². The number of carbonyl (C=O) groups excluding carboxylic acids is 1. The van der Waals surface area contributed by atoms with E-state index in [1.165, 1.54) is 9.08 Å². The lowest BCUT2D eigenvalue weighted by atomic mass is 9.96. The Labute approximate surface area is 127 Å². The van der Waals surface area contributed by atoms with Crippen molar-refractivity contribution < 1.29 is 9.90 Å². The first-order valence-electron chi connectivity index (χ1n) is 7.44. The molecular weight excluding hydrogens is 284 g/mol. The number of pyridine rings is 1. The average molecular weight is 304 g/mol. The molecule has 1 aliphatic heterocycles. The van der Waals surface area contributed by atoms with E-state index in [9.17, 15) is 14.7 Å².